The predicted molar refractivity (Wildman–Crippen MR) is 195 cm³/mol. The summed E-state index contributed by atoms with van der Waals surface area (Å²) < 4.78 is 0. The molecule has 0 fully saturated rings. The Morgan fingerprint density at radius 3 is 1.74 bits per heavy atom. The fourth-order valence-electron chi connectivity index (χ4n) is 6.67. The smallest absolute Gasteiger partial charge is 0.124 e. The molecule has 1 aliphatic rings. The molecule has 0 amide bonds. The Balaban J connectivity index is 1.19. The summed E-state index contributed by atoms with van der Waals surface area (Å²) in [6, 6.07) is 60.7. The van der Waals surface area contributed by atoms with E-state index in [0.29, 0.717) is 0 Å². The summed E-state index contributed by atoms with van der Waals surface area (Å²) in [7, 11) is 0. The van der Waals surface area contributed by atoms with Crippen LogP contribution in [0.25, 0.3) is 65.3 Å². The van der Waals surface area contributed by atoms with Crippen molar-refractivity contribution in [3.05, 3.63) is 170 Å². The SMILES string of the molecule is c1ccc(-c2cccc(-c3nc4c(s3)-c3cccc5cc(N(c6ccccc6)c6cccc(-c7ccccc7)c6)cc-4c35)c2)cc1. The van der Waals surface area contributed by atoms with Gasteiger partial charge in [-0.1, -0.05) is 127 Å². The first-order valence-electron chi connectivity index (χ1n) is 15.5. The van der Waals surface area contributed by atoms with Gasteiger partial charge in [-0.2, -0.15) is 0 Å². The first kappa shape index (κ1) is 26.6. The quantitative estimate of drug-likeness (QED) is 0.188. The van der Waals surface area contributed by atoms with Gasteiger partial charge in [0.05, 0.1) is 10.6 Å². The van der Waals surface area contributed by atoms with Crippen molar-refractivity contribution >= 4 is 39.2 Å². The Kier molecular flexibility index (Phi) is 6.36. The largest absolute Gasteiger partial charge is 0.310 e. The molecule has 0 bridgehead atoms. The molecule has 0 aliphatic heterocycles. The molecule has 0 atom stereocenters. The number of nitrogens with zero attached hydrogens (tertiary/aromatic N) is 2. The highest BCUT2D eigenvalue weighted by molar-refractivity contribution is 7.19. The number of para-hydroxylation sites is 1. The molecule has 8 aromatic rings. The van der Waals surface area contributed by atoms with Crippen LogP contribution < -0.4 is 4.90 Å². The summed E-state index contributed by atoms with van der Waals surface area (Å²) in [6.45, 7) is 0. The van der Waals surface area contributed by atoms with E-state index in [-0.39, 0.29) is 0 Å². The summed E-state index contributed by atoms with van der Waals surface area (Å²) >= 11 is 1.79. The van der Waals surface area contributed by atoms with Crippen molar-refractivity contribution in [2.24, 2.45) is 0 Å². The lowest BCUT2D eigenvalue weighted by molar-refractivity contribution is 1.29. The van der Waals surface area contributed by atoms with Crippen LogP contribution in [0.2, 0.25) is 0 Å². The van der Waals surface area contributed by atoms with Crippen molar-refractivity contribution in [3.8, 4) is 54.5 Å². The number of fused-ring (bicyclic) bond motifs is 3. The summed E-state index contributed by atoms with van der Waals surface area (Å²) in [5, 5.41) is 3.56. The van der Waals surface area contributed by atoms with E-state index in [4.69, 9.17) is 4.98 Å². The molecule has 0 spiro atoms. The van der Waals surface area contributed by atoms with E-state index in [2.05, 4.69) is 175 Å². The van der Waals surface area contributed by atoms with Crippen LogP contribution in [0.3, 0.4) is 0 Å². The molecule has 46 heavy (non-hydrogen) atoms. The first-order chi connectivity index (χ1) is 22.8. The molecule has 216 valence electrons. The van der Waals surface area contributed by atoms with Crippen LogP contribution >= 0.6 is 11.3 Å². The molecule has 0 radical (unpaired) electrons. The number of thiazole rings is 1. The van der Waals surface area contributed by atoms with E-state index >= 15 is 0 Å². The highest BCUT2D eigenvalue weighted by Crippen LogP contribution is 2.53. The van der Waals surface area contributed by atoms with Crippen LogP contribution in [0.4, 0.5) is 17.1 Å². The van der Waals surface area contributed by atoms with Gasteiger partial charge in [-0.25, -0.2) is 4.98 Å². The maximum Gasteiger partial charge on any atom is 0.124 e. The predicted octanol–water partition coefficient (Wildman–Crippen LogP) is 12.4. The molecule has 0 unspecified atom stereocenters. The maximum absolute atomic E-state index is 5.34. The van der Waals surface area contributed by atoms with Crippen LogP contribution in [0, 0.1) is 0 Å². The van der Waals surface area contributed by atoms with E-state index in [1.165, 1.54) is 49.0 Å². The minimum atomic E-state index is 1.05. The van der Waals surface area contributed by atoms with Crippen LogP contribution in [0.15, 0.2) is 170 Å². The van der Waals surface area contributed by atoms with Gasteiger partial charge >= 0.3 is 0 Å². The number of hydrogen-bond donors (Lipinski definition) is 0. The first-order valence-corrected chi connectivity index (χ1v) is 16.4. The van der Waals surface area contributed by atoms with Gasteiger partial charge in [0.2, 0.25) is 0 Å². The topological polar surface area (TPSA) is 16.1 Å². The van der Waals surface area contributed by atoms with Gasteiger partial charge in [-0.05, 0) is 75.5 Å². The molecule has 9 rings (SSSR count). The van der Waals surface area contributed by atoms with Crippen molar-refractivity contribution in [1.82, 2.24) is 4.98 Å². The van der Waals surface area contributed by atoms with Crippen LogP contribution in [0.5, 0.6) is 0 Å². The fourth-order valence-corrected chi connectivity index (χ4v) is 7.78. The summed E-state index contributed by atoms with van der Waals surface area (Å²) in [5.74, 6) is 0. The molecule has 1 heterocycles. The monoisotopic (exact) mass is 604 g/mol. The lowest BCUT2D eigenvalue weighted by atomic mass is 10.0. The molecule has 0 N–H and O–H groups in total. The average Bonchev–Trinajstić information content (AvgIpc) is 3.70. The second kappa shape index (κ2) is 11.0. The minimum absolute atomic E-state index is 1.05. The Morgan fingerprint density at radius 1 is 0.413 bits per heavy atom. The summed E-state index contributed by atoms with van der Waals surface area (Å²) in [6.07, 6.45) is 0. The Labute approximate surface area is 272 Å². The van der Waals surface area contributed by atoms with Gasteiger partial charge < -0.3 is 4.90 Å². The third-order valence-electron chi connectivity index (χ3n) is 8.79. The van der Waals surface area contributed by atoms with Gasteiger partial charge in [0.25, 0.3) is 0 Å². The maximum atomic E-state index is 5.34. The molecular weight excluding hydrogens is 577 g/mol. The molecule has 0 saturated heterocycles. The highest BCUT2D eigenvalue weighted by atomic mass is 32.1. The van der Waals surface area contributed by atoms with E-state index in [9.17, 15) is 0 Å². The third kappa shape index (κ3) is 4.52. The van der Waals surface area contributed by atoms with Crippen molar-refractivity contribution in [2.45, 2.75) is 0 Å². The normalized spacial score (nSPS) is 11.5. The molecule has 1 aromatic heterocycles. The number of hydrogen-bond acceptors (Lipinski definition) is 3. The van der Waals surface area contributed by atoms with Gasteiger partial charge in [-0.15, -0.1) is 11.3 Å². The number of rotatable bonds is 6. The Morgan fingerprint density at radius 2 is 1.00 bits per heavy atom. The Bertz CT molecular complexity index is 2360. The molecule has 3 heteroatoms. The van der Waals surface area contributed by atoms with E-state index in [1.54, 1.807) is 11.3 Å². The van der Waals surface area contributed by atoms with Crippen molar-refractivity contribution < 1.29 is 0 Å². The summed E-state index contributed by atoms with van der Waals surface area (Å²) in [4.78, 5) is 8.95. The molecule has 2 nitrogen and oxygen atoms in total. The fraction of sp³-hybridized carbons (Fsp3) is 0. The number of benzene rings is 7. The van der Waals surface area contributed by atoms with Gasteiger partial charge in [0.1, 0.15) is 5.01 Å². The second-order valence-electron chi connectivity index (χ2n) is 11.6. The summed E-state index contributed by atoms with van der Waals surface area (Å²) in [5.41, 5.74) is 12.8. The van der Waals surface area contributed by atoms with Crippen molar-refractivity contribution in [2.75, 3.05) is 4.90 Å². The van der Waals surface area contributed by atoms with Gasteiger partial charge in [-0.3, -0.25) is 0 Å². The molecular formula is C43H28N2S. The van der Waals surface area contributed by atoms with Crippen LogP contribution in [-0.4, -0.2) is 4.98 Å². The van der Waals surface area contributed by atoms with Crippen LogP contribution in [0.1, 0.15) is 0 Å². The van der Waals surface area contributed by atoms with Crippen LogP contribution in [-0.2, 0) is 0 Å². The molecule has 0 saturated carbocycles. The lowest BCUT2D eigenvalue weighted by Crippen LogP contribution is -2.10. The molecule has 7 aromatic carbocycles. The van der Waals surface area contributed by atoms with Gasteiger partial charge in [0, 0.05) is 33.8 Å². The number of aromatic nitrogens is 1. The van der Waals surface area contributed by atoms with Gasteiger partial charge in [0.15, 0.2) is 0 Å². The lowest BCUT2D eigenvalue weighted by Gasteiger charge is -2.27. The highest BCUT2D eigenvalue weighted by Gasteiger charge is 2.28. The number of anilines is 3. The average molecular weight is 605 g/mol. The standard InChI is InChI=1S/C43H28N2S/c1-4-13-29(14-5-1)31-17-10-20-34(25-31)43-44-41-39-28-37(27-33-19-12-24-38(40(33)39)42(41)46-43)45(35-21-8-3-9-22-35)36-23-11-18-32(26-36)30-15-6-2-7-16-30/h1-28H. The zero-order chi connectivity index (χ0) is 30.5. The van der Waals surface area contributed by atoms with Crippen molar-refractivity contribution in [3.63, 3.8) is 0 Å². The zero-order valence-electron chi connectivity index (χ0n) is 25.0. The zero-order valence-corrected chi connectivity index (χ0v) is 25.8. The molecule has 1 aliphatic carbocycles. The second-order valence-corrected chi connectivity index (χ2v) is 12.6. The van der Waals surface area contributed by atoms with E-state index < -0.39 is 0 Å². The Hall–Kier alpha value is -5.77. The van der Waals surface area contributed by atoms with Crippen molar-refractivity contribution in [1.29, 1.82) is 0 Å². The van der Waals surface area contributed by atoms with E-state index in [1.807, 2.05) is 0 Å². The third-order valence-corrected chi connectivity index (χ3v) is 9.93. The van der Waals surface area contributed by atoms with E-state index in [0.717, 1.165) is 33.3 Å². The minimum Gasteiger partial charge on any atom is -0.310 e.